The summed E-state index contributed by atoms with van der Waals surface area (Å²) in [5, 5.41) is 0. The fourth-order valence-electron chi connectivity index (χ4n) is 2.95. The molecular formula is C14H26N6. The van der Waals surface area contributed by atoms with Gasteiger partial charge >= 0.3 is 0 Å². The normalized spacial score (nSPS) is 19.6. The minimum atomic E-state index is 0.320. The first-order chi connectivity index (χ1) is 9.54. The second-order valence-electron chi connectivity index (χ2n) is 5.92. The van der Waals surface area contributed by atoms with Crippen molar-refractivity contribution in [2.45, 2.75) is 38.6 Å². The third-order valence-corrected chi connectivity index (χ3v) is 4.09. The lowest BCUT2D eigenvalue weighted by Gasteiger charge is -2.29. The Balaban J connectivity index is 2.22. The predicted molar refractivity (Wildman–Crippen MR) is 82.9 cm³/mol. The Labute approximate surface area is 121 Å². The molecule has 0 spiro atoms. The number of aromatic nitrogens is 2. The molecule has 1 unspecified atom stereocenters. The molecule has 0 radical (unpaired) electrons. The van der Waals surface area contributed by atoms with Crippen molar-refractivity contribution in [3.63, 3.8) is 0 Å². The van der Waals surface area contributed by atoms with Gasteiger partial charge in [-0.05, 0) is 32.4 Å². The minimum Gasteiger partial charge on any atom is -0.358 e. The van der Waals surface area contributed by atoms with Gasteiger partial charge in [-0.15, -0.1) is 0 Å². The standard InChI is InChI=1S/C14H26N6/c1-10(2)12-13(18-15)16-9-17-14(12)20(4)8-11-6-5-7-19(11)3/h9-11H,5-8,15H2,1-4H3,(H,16,17,18). The lowest BCUT2D eigenvalue weighted by molar-refractivity contribution is 0.314. The van der Waals surface area contributed by atoms with Crippen molar-refractivity contribution in [3.8, 4) is 0 Å². The molecule has 1 aliphatic heterocycles. The topological polar surface area (TPSA) is 70.3 Å². The average molecular weight is 278 g/mol. The van der Waals surface area contributed by atoms with Crippen molar-refractivity contribution in [2.24, 2.45) is 5.84 Å². The van der Waals surface area contributed by atoms with E-state index in [0.29, 0.717) is 12.0 Å². The van der Waals surface area contributed by atoms with E-state index in [9.17, 15) is 0 Å². The van der Waals surface area contributed by atoms with E-state index in [1.54, 1.807) is 6.33 Å². The van der Waals surface area contributed by atoms with Gasteiger partial charge in [0.05, 0.1) is 0 Å². The van der Waals surface area contributed by atoms with Gasteiger partial charge in [0.2, 0.25) is 0 Å². The molecule has 2 rings (SSSR count). The largest absolute Gasteiger partial charge is 0.358 e. The highest BCUT2D eigenvalue weighted by atomic mass is 15.3. The lowest BCUT2D eigenvalue weighted by atomic mass is 10.0. The van der Waals surface area contributed by atoms with Crippen molar-refractivity contribution in [1.29, 1.82) is 0 Å². The van der Waals surface area contributed by atoms with Crippen LogP contribution in [0, 0.1) is 0 Å². The fraction of sp³-hybridized carbons (Fsp3) is 0.714. The molecule has 0 bridgehead atoms. The van der Waals surface area contributed by atoms with Crippen molar-refractivity contribution in [2.75, 3.05) is 37.5 Å². The SMILES string of the molecule is CC(C)c1c(NN)ncnc1N(C)CC1CCCN1C. The van der Waals surface area contributed by atoms with E-state index < -0.39 is 0 Å². The number of hydrogen-bond donors (Lipinski definition) is 2. The van der Waals surface area contributed by atoms with Crippen LogP contribution in [0.3, 0.4) is 0 Å². The van der Waals surface area contributed by atoms with Crippen LogP contribution in [0.1, 0.15) is 38.2 Å². The molecule has 1 aromatic rings. The zero-order valence-corrected chi connectivity index (χ0v) is 12.9. The summed E-state index contributed by atoms with van der Waals surface area (Å²) < 4.78 is 0. The maximum absolute atomic E-state index is 5.58. The van der Waals surface area contributed by atoms with Crippen LogP contribution < -0.4 is 16.2 Å². The second-order valence-corrected chi connectivity index (χ2v) is 5.92. The molecule has 6 heteroatoms. The van der Waals surface area contributed by atoms with Crippen LogP contribution >= 0.6 is 0 Å². The summed E-state index contributed by atoms with van der Waals surface area (Å²) in [6.45, 7) is 6.45. The summed E-state index contributed by atoms with van der Waals surface area (Å²) in [5.41, 5.74) is 3.77. The molecule has 0 aliphatic carbocycles. The molecule has 3 N–H and O–H groups in total. The molecule has 20 heavy (non-hydrogen) atoms. The van der Waals surface area contributed by atoms with Gasteiger partial charge in [-0.2, -0.15) is 0 Å². The Kier molecular flexibility index (Phi) is 4.77. The first-order valence-electron chi connectivity index (χ1n) is 7.27. The Morgan fingerprint density at radius 3 is 2.80 bits per heavy atom. The quantitative estimate of drug-likeness (QED) is 0.627. The highest BCUT2D eigenvalue weighted by molar-refractivity contribution is 5.59. The van der Waals surface area contributed by atoms with E-state index in [0.717, 1.165) is 23.7 Å². The van der Waals surface area contributed by atoms with Gasteiger partial charge in [-0.1, -0.05) is 13.8 Å². The fourth-order valence-corrected chi connectivity index (χ4v) is 2.95. The predicted octanol–water partition coefficient (Wildman–Crippen LogP) is 1.42. The number of hydrazine groups is 1. The summed E-state index contributed by atoms with van der Waals surface area (Å²) in [5.74, 6) is 7.59. The van der Waals surface area contributed by atoms with Gasteiger partial charge in [0.1, 0.15) is 18.0 Å². The van der Waals surface area contributed by atoms with Gasteiger partial charge in [-0.25, -0.2) is 15.8 Å². The number of rotatable bonds is 5. The molecule has 0 aromatic carbocycles. The summed E-state index contributed by atoms with van der Waals surface area (Å²) in [6.07, 6.45) is 4.11. The molecule has 1 aromatic heterocycles. The maximum atomic E-state index is 5.58. The smallest absolute Gasteiger partial charge is 0.148 e. The van der Waals surface area contributed by atoms with E-state index >= 15 is 0 Å². The number of anilines is 2. The number of hydrogen-bond acceptors (Lipinski definition) is 6. The number of nitrogen functional groups attached to an aromatic ring is 1. The molecule has 1 atom stereocenters. The van der Waals surface area contributed by atoms with E-state index in [-0.39, 0.29) is 0 Å². The van der Waals surface area contributed by atoms with Gasteiger partial charge < -0.3 is 15.2 Å². The zero-order chi connectivity index (χ0) is 14.7. The van der Waals surface area contributed by atoms with Crippen molar-refractivity contribution >= 4 is 11.6 Å². The molecule has 1 fully saturated rings. The summed E-state index contributed by atoms with van der Waals surface area (Å²) in [4.78, 5) is 13.4. The first-order valence-corrected chi connectivity index (χ1v) is 7.27. The monoisotopic (exact) mass is 278 g/mol. The number of likely N-dealkylation sites (tertiary alicyclic amines) is 1. The van der Waals surface area contributed by atoms with Gasteiger partial charge in [0.25, 0.3) is 0 Å². The number of likely N-dealkylation sites (N-methyl/N-ethyl adjacent to an activating group) is 2. The Morgan fingerprint density at radius 1 is 1.50 bits per heavy atom. The van der Waals surface area contributed by atoms with Crippen molar-refractivity contribution in [1.82, 2.24) is 14.9 Å². The van der Waals surface area contributed by atoms with Crippen LogP contribution in [0.4, 0.5) is 11.6 Å². The maximum Gasteiger partial charge on any atom is 0.148 e. The summed E-state index contributed by atoms with van der Waals surface area (Å²) in [7, 11) is 4.29. The van der Waals surface area contributed by atoms with Gasteiger partial charge in [-0.3, -0.25) is 0 Å². The molecule has 2 heterocycles. The van der Waals surface area contributed by atoms with E-state index in [2.05, 4.69) is 53.1 Å². The highest BCUT2D eigenvalue weighted by Gasteiger charge is 2.24. The van der Waals surface area contributed by atoms with Crippen molar-refractivity contribution in [3.05, 3.63) is 11.9 Å². The van der Waals surface area contributed by atoms with Crippen molar-refractivity contribution < 1.29 is 0 Å². The first kappa shape index (κ1) is 15.0. The Hall–Kier alpha value is -1.40. The number of nitrogens with two attached hydrogens (primary N) is 1. The lowest BCUT2D eigenvalue weighted by Crippen LogP contribution is -2.37. The highest BCUT2D eigenvalue weighted by Crippen LogP contribution is 2.30. The van der Waals surface area contributed by atoms with E-state index in [1.807, 2.05) is 0 Å². The van der Waals surface area contributed by atoms with E-state index in [4.69, 9.17) is 5.84 Å². The van der Waals surface area contributed by atoms with Crippen LogP contribution in [0.5, 0.6) is 0 Å². The summed E-state index contributed by atoms with van der Waals surface area (Å²) in [6, 6.07) is 0.601. The van der Waals surface area contributed by atoms with Crippen LogP contribution in [0.15, 0.2) is 6.33 Å². The Bertz CT molecular complexity index is 447. The average Bonchev–Trinajstić information content (AvgIpc) is 2.83. The third-order valence-electron chi connectivity index (χ3n) is 4.09. The van der Waals surface area contributed by atoms with Gasteiger partial charge in [0, 0.05) is 25.2 Å². The van der Waals surface area contributed by atoms with Gasteiger partial charge in [0.15, 0.2) is 0 Å². The molecule has 1 aliphatic rings. The second kappa shape index (κ2) is 6.37. The molecule has 0 saturated carbocycles. The number of nitrogens with zero attached hydrogens (tertiary/aromatic N) is 4. The van der Waals surface area contributed by atoms with Crippen LogP contribution in [-0.4, -0.2) is 48.1 Å². The van der Waals surface area contributed by atoms with Crippen LogP contribution in [-0.2, 0) is 0 Å². The van der Waals surface area contributed by atoms with Crippen LogP contribution in [0.2, 0.25) is 0 Å². The third kappa shape index (κ3) is 3.02. The molecule has 6 nitrogen and oxygen atoms in total. The molecule has 0 amide bonds. The molecule has 1 saturated heterocycles. The summed E-state index contributed by atoms with van der Waals surface area (Å²) >= 11 is 0. The number of nitrogens with one attached hydrogen (secondary N) is 1. The van der Waals surface area contributed by atoms with Crippen LogP contribution in [0.25, 0.3) is 0 Å². The molecular weight excluding hydrogens is 252 g/mol. The minimum absolute atomic E-state index is 0.320. The Morgan fingerprint density at radius 2 is 2.25 bits per heavy atom. The molecule has 112 valence electrons. The van der Waals surface area contributed by atoms with E-state index in [1.165, 1.54) is 19.4 Å². The zero-order valence-electron chi connectivity index (χ0n) is 12.9.